The number of hydrogen-bond donors (Lipinski definition) is 0. The van der Waals surface area contributed by atoms with Gasteiger partial charge in [0.1, 0.15) is 5.82 Å². The quantitative estimate of drug-likeness (QED) is 0.641. The first-order valence-corrected chi connectivity index (χ1v) is 8.42. The van der Waals surface area contributed by atoms with Crippen LogP contribution in [-0.2, 0) is 6.42 Å². The van der Waals surface area contributed by atoms with E-state index in [-0.39, 0.29) is 17.8 Å². The molecule has 0 spiro atoms. The van der Waals surface area contributed by atoms with Gasteiger partial charge in [-0.2, -0.15) is 5.10 Å². The lowest BCUT2D eigenvalue weighted by Crippen LogP contribution is -2.39. The molecule has 0 fully saturated rings. The molecule has 0 saturated carbocycles. The first-order valence-electron chi connectivity index (χ1n) is 7.63. The van der Waals surface area contributed by atoms with Gasteiger partial charge in [-0.05, 0) is 52.5 Å². The fourth-order valence-corrected chi connectivity index (χ4v) is 3.46. The van der Waals surface area contributed by atoms with E-state index in [1.807, 2.05) is 6.92 Å². The zero-order valence-electron chi connectivity index (χ0n) is 12.9. The summed E-state index contributed by atoms with van der Waals surface area (Å²) in [6.45, 7) is 2.50. The van der Waals surface area contributed by atoms with Crippen molar-refractivity contribution in [3.63, 3.8) is 0 Å². The molecule has 1 aliphatic rings. The van der Waals surface area contributed by atoms with Gasteiger partial charge < -0.3 is 4.90 Å². The highest BCUT2D eigenvalue weighted by molar-refractivity contribution is 9.10. The third-order valence-electron chi connectivity index (χ3n) is 4.41. The van der Waals surface area contributed by atoms with E-state index in [2.05, 4.69) is 26.0 Å². The summed E-state index contributed by atoms with van der Waals surface area (Å²) in [4.78, 5) is 18.8. The number of carbonyl (C=O) groups is 1. The van der Waals surface area contributed by atoms with Gasteiger partial charge in [-0.15, -0.1) is 0 Å². The summed E-state index contributed by atoms with van der Waals surface area (Å²) >= 11 is 3.34. The second-order valence-electron chi connectivity index (χ2n) is 5.87. The molecule has 0 saturated heterocycles. The minimum atomic E-state index is -0.281. The lowest BCUT2D eigenvalue weighted by molar-refractivity contribution is 0.0671. The van der Waals surface area contributed by atoms with Crippen molar-refractivity contribution in [3.8, 4) is 0 Å². The van der Waals surface area contributed by atoms with Gasteiger partial charge in [-0.25, -0.2) is 13.9 Å². The Hall–Kier alpha value is -2.28. The number of rotatable bonds is 1. The van der Waals surface area contributed by atoms with Crippen LogP contribution in [0.1, 0.15) is 34.6 Å². The minimum Gasteiger partial charge on any atom is -0.330 e. The van der Waals surface area contributed by atoms with Crippen LogP contribution in [0.15, 0.2) is 41.1 Å². The Morgan fingerprint density at radius 1 is 1.38 bits per heavy atom. The Morgan fingerprint density at radius 2 is 2.21 bits per heavy atom. The maximum atomic E-state index is 13.6. The van der Waals surface area contributed by atoms with Crippen LogP contribution in [0.25, 0.3) is 5.65 Å². The highest BCUT2D eigenvalue weighted by atomic mass is 79.9. The number of halogens is 2. The first kappa shape index (κ1) is 15.3. The molecule has 3 aromatic rings. The predicted molar refractivity (Wildman–Crippen MR) is 90.2 cm³/mol. The van der Waals surface area contributed by atoms with Crippen molar-refractivity contribution in [1.82, 2.24) is 19.5 Å². The Morgan fingerprint density at radius 3 is 3.04 bits per heavy atom. The fraction of sp³-hybridized carbons (Fsp3) is 0.235. The molecule has 2 aromatic heterocycles. The van der Waals surface area contributed by atoms with Crippen molar-refractivity contribution in [2.24, 2.45) is 0 Å². The van der Waals surface area contributed by atoms with Crippen LogP contribution in [0.2, 0.25) is 0 Å². The number of fused-ring (bicyclic) bond motifs is 2. The van der Waals surface area contributed by atoms with E-state index < -0.39 is 0 Å². The SMILES string of the molecule is C[C@@H]1c2cc(F)ccc2CCN1C(=O)c1cc2ncc(Br)cn2n1. The fourth-order valence-electron chi connectivity index (χ4n) is 3.17. The highest BCUT2D eigenvalue weighted by Crippen LogP contribution is 2.31. The average Bonchev–Trinajstić information content (AvgIpc) is 2.98. The van der Waals surface area contributed by atoms with E-state index in [1.54, 1.807) is 33.9 Å². The summed E-state index contributed by atoms with van der Waals surface area (Å²) in [5.41, 5.74) is 2.90. The van der Waals surface area contributed by atoms with E-state index in [0.717, 1.165) is 15.6 Å². The van der Waals surface area contributed by atoms with E-state index in [4.69, 9.17) is 0 Å². The van der Waals surface area contributed by atoms with E-state index >= 15 is 0 Å². The van der Waals surface area contributed by atoms with Gasteiger partial charge in [0.25, 0.3) is 5.91 Å². The maximum absolute atomic E-state index is 13.6. The Balaban J connectivity index is 1.68. The summed E-state index contributed by atoms with van der Waals surface area (Å²) in [7, 11) is 0. The van der Waals surface area contributed by atoms with Crippen LogP contribution in [-0.4, -0.2) is 31.9 Å². The van der Waals surface area contributed by atoms with Crippen LogP contribution < -0.4 is 0 Å². The first-order chi connectivity index (χ1) is 11.5. The molecule has 3 heterocycles. The molecule has 5 nitrogen and oxygen atoms in total. The summed E-state index contributed by atoms with van der Waals surface area (Å²) in [5, 5.41) is 4.32. The molecule has 1 aliphatic heterocycles. The van der Waals surface area contributed by atoms with Gasteiger partial charge in [-0.3, -0.25) is 4.79 Å². The molecule has 7 heteroatoms. The third kappa shape index (κ3) is 2.49. The van der Waals surface area contributed by atoms with Crippen molar-refractivity contribution in [2.75, 3.05) is 6.54 Å². The molecular weight excluding hydrogens is 375 g/mol. The van der Waals surface area contributed by atoms with Crippen molar-refractivity contribution < 1.29 is 9.18 Å². The van der Waals surface area contributed by atoms with Crippen LogP contribution in [0, 0.1) is 5.82 Å². The second-order valence-corrected chi connectivity index (χ2v) is 6.79. The smallest absolute Gasteiger partial charge is 0.274 e. The second kappa shape index (κ2) is 5.66. The number of aromatic nitrogens is 3. The molecule has 1 amide bonds. The van der Waals surface area contributed by atoms with Gasteiger partial charge >= 0.3 is 0 Å². The van der Waals surface area contributed by atoms with Crippen molar-refractivity contribution in [1.29, 1.82) is 0 Å². The number of hydrogen-bond acceptors (Lipinski definition) is 3. The standard InChI is InChI=1S/C17H14BrFN4O/c1-10-14-6-13(19)3-2-11(14)4-5-22(10)17(24)15-7-16-20-8-12(18)9-23(16)21-15/h2-3,6-10H,4-5H2,1H3/t10-/m1/s1. The average molecular weight is 389 g/mol. The Kier molecular flexibility index (Phi) is 3.60. The Labute approximate surface area is 146 Å². The number of amides is 1. The monoisotopic (exact) mass is 388 g/mol. The van der Waals surface area contributed by atoms with Crippen LogP contribution in [0.5, 0.6) is 0 Å². The van der Waals surface area contributed by atoms with E-state index in [0.29, 0.717) is 24.3 Å². The molecule has 0 bridgehead atoms. The van der Waals surface area contributed by atoms with E-state index in [9.17, 15) is 9.18 Å². The van der Waals surface area contributed by atoms with Crippen LogP contribution in [0.3, 0.4) is 0 Å². The Bertz CT molecular complexity index is 955. The largest absolute Gasteiger partial charge is 0.330 e. The molecule has 1 aromatic carbocycles. The van der Waals surface area contributed by atoms with Crippen LogP contribution >= 0.6 is 15.9 Å². The molecule has 0 unspecified atom stereocenters. The molecule has 0 aliphatic carbocycles. The summed E-state index contributed by atoms with van der Waals surface area (Å²) < 4.78 is 15.9. The highest BCUT2D eigenvalue weighted by Gasteiger charge is 2.30. The van der Waals surface area contributed by atoms with Gasteiger partial charge in [0.05, 0.1) is 10.5 Å². The molecule has 4 rings (SSSR count). The lowest BCUT2D eigenvalue weighted by atomic mass is 9.93. The van der Waals surface area contributed by atoms with Gasteiger partial charge in [0.2, 0.25) is 0 Å². The minimum absolute atomic E-state index is 0.168. The van der Waals surface area contributed by atoms with Crippen molar-refractivity contribution in [2.45, 2.75) is 19.4 Å². The summed E-state index contributed by atoms with van der Waals surface area (Å²) in [6.07, 6.45) is 4.13. The zero-order valence-corrected chi connectivity index (χ0v) is 14.5. The van der Waals surface area contributed by atoms with Gasteiger partial charge in [-0.1, -0.05) is 6.07 Å². The van der Waals surface area contributed by atoms with Crippen molar-refractivity contribution >= 4 is 27.5 Å². The summed E-state index contributed by atoms with van der Waals surface area (Å²) in [5.74, 6) is -0.448. The van der Waals surface area contributed by atoms with Crippen LogP contribution in [0.4, 0.5) is 4.39 Å². The van der Waals surface area contributed by atoms with Gasteiger partial charge in [0, 0.05) is 25.0 Å². The number of carbonyl (C=O) groups excluding carboxylic acids is 1. The topological polar surface area (TPSA) is 50.5 Å². The molecular formula is C17H14BrFN4O. The normalized spacial score (nSPS) is 17.1. The molecule has 122 valence electrons. The molecule has 1 atom stereocenters. The third-order valence-corrected chi connectivity index (χ3v) is 4.82. The number of nitrogens with zero attached hydrogens (tertiary/aromatic N) is 4. The molecule has 0 N–H and O–H groups in total. The van der Waals surface area contributed by atoms with Gasteiger partial charge in [0.15, 0.2) is 11.3 Å². The van der Waals surface area contributed by atoms with E-state index in [1.165, 1.54) is 12.1 Å². The molecule has 0 radical (unpaired) electrons. The molecule has 24 heavy (non-hydrogen) atoms. The lowest BCUT2D eigenvalue weighted by Gasteiger charge is -2.34. The summed E-state index contributed by atoms with van der Waals surface area (Å²) in [6, 6.07) is 6.26. The predicted octanol–water partition coefficient (Wildman–Crippen LogP) is 3.39. The van der Waals surface area contributed by atoms with Crippen molar-refractivity contribution in [3.05, 3.63) is 63.8 Å². The number of benzene rings is 1. The maximum Gasteiger partial charge on any atom is 0.274 e. The zero-order chi connectivity index (χ0) is 16.8.